The summed E-state index contributed by atoms with van der Waals surface area (Å²) in [5, 5.41) is 4.66. The van der Waals surface area contributed by atoms with Crippen LogP contribution in [-0.2, 0) is 0 Å². The summed E-state index contributed by atoms with van der Waals surface area (Å²) < 4.78 is 7.56. The Kier molecular flexibility index (Phi) is 6.21. The molecule has 8 heteroatoms. The second-order valence-electron chi connectivity index (χ2n) is 8.67. The van der Waals surface area contributed by atoms with Gasteiger partial charge in [-0.1, -0.05) is 17.7 Å². The van der Waals surface area contributed by atoms with Crippen molar-refractivity contribution in [2.45, 2.75) is 32.9 Å². The first-order chi connectivity index (χ1) is 16.9. The number of hydrogen-bond donors (Lipinski definition) is 1. The summed E-state index contributed by atoms with van der Waals surface area (Å²) in [6.07, 6.45) is 3.65. The van der Waals surface area contributed by atoms with Gasteiger partial charge in [0.25, 0.3) is 0 Å². The first-order valence-electron chi connectivity index (χ1n) is 11.3. The molecule has 35 heavy (non-hydrogen) atoms. The van der Waals surface area contributed by atoms with Gasteiger partial charge in [-0.15, -0.1) is 0 Å². The Morgan fingerprint density at radius 2 is 1.83 bits per heavy atom. The van der Waals surface area contributed by atoms with Crippen molar-refractivity contribution in [3.05, 3.63) is 100 Å². The number of halogens is 1. The van der Waals surface area contributed by atoms with Gasteiger partial charge in [0.1, 0.15) is 11.6 Å². The third kappa shape index (κ3) is 4.15. The van der Waals surface area contributed by atoms with Crippen LogP contribution in [0.25, 0.3) is 5.82 Å². The Morgan fingerprint density at radius 1 is 1.00 bits per heavy atom. The normalized spacial score (nSPS) is 17.5. The minimum Gasteiger partial charge on any atom is -0.495 e. The molecule has 1 aromatic carbocycles. The number of aromatic nitrogens is 3. The topological polar surface area (TPSA) is 55.2 Å². The van der Waals surface area contributed by atoms with Crippen LogP contribution in [0.2, 0.25) is 5.02 Å². The summed E-state index contributed by atoms with van der Waals surface area (Å²) in [6, 6.07) is 17.7. The van der Waals surface area contributed by atoms with E-state index < -0.39 is 0 Å². The van der Waals surface area contributed by atoms with Crippen LogP contribution in [0.3, 0.4) is 0 Å². The number of nitrogens with zero attached hydrogens (tertiary/aromatic N) is 4. The van der Waals surface area contributed by atoms with Crippen molar-refractivity contribution in [3.63, 3.8) is 0 Å². The molecule has 2 atom stereocenters. The average molecular weight is 504 g/mol. The van der Waals surface area contributed by atoms with Gasteiger partial charge in [0.15, 0.2) is 5.11 Å². The van der Waals surface area contributed by atoms with Gasteiger partial charge in [-0.3, -0.25) is 4.98 Å². The van der Waals surface area contributed by atoms with Crippen molar-refractivity contribution >= 4 is 34.6 Å². The maximum atomic E-state index is 6.52. The molecule has 1 aliphatic rings. The Balaban J connectivity index is 1.68. The van der Waals surface area contributed by atoms with Crippen LogP contribution in [0.4, 0.5) is 5.69 Å². The highest BCUT2D eigenvalue weighted by atomic mass is 35.5. The number of methoxy groups -OCH3 is 1. The lowest BCUT2D eigenvalue weighted by molar-refractivity contribution is 0.415. The van der Waals surface area contributed by atoms with Gasteiger partial charge in [-0.2, -0.15) is 0 Å². The van der Waals surface area contributed by atoms with Gasteiger partial charge in [0, 0.05) is 29.5 Å². The molecular formula is C27H26ClN5OS. The summed E-state index contributed by atoms with van der Waals surface area (Å²) in [4.78, 5) is 11.4. The van der Waals surface area contributed by atoms with Gasteiger partial charge in [-0.05, 0) is 92.6 Å². The highest BCUT2D eigenvalue weighted by molar-refractivity contribution is 7.80. The Labute approximate surface area is 215 Å². The molecule has 1 fully saturated rings. The largest absolute Gasteiger partial charge is 0.495 e. The van der Waals surface area contributed by atoms with E-state index in [-0.39, 0.29) is 12.1 Å². The minimum atomic E-state index is -0.149. The lowest BCUT2D eigenvalue weighted by Gasteiger charge is -2.28. The van der Waals surface area contributed by atoms with E-state index in [1.807, 2.05) is 54.9 Å². The van der Waals surface area contributed by atoms with Crippen molar-refractivity contribution in [3.8, 4) is 11.6 Å². The van der Waals surface area contributed by atoms with Crippen molar-refractivity contribution in [1.82, 2.24) is 19.9 Å². The van der Waals surface area contributed by atoms with Crippen LogP contribution < -0.4 is 15.0 Å². The zero-order valence-corrected chi connectivity index (χ0v) is 21.6. The molecule has 1 saturated heterocycles. The highest BCUT2D eigenvalue weighted by Gasteiger charge is 2.42. The summed E-state index contributed by atoms with van der Waals surface area (Å²) in [5.41, 5.74) is 6.30. The molecule has 0 radical (unpaired) electrons. The SMILES string of the molecule is COc1ccc(N2C(=S)N[C@H](c3ccccn3)[C@H]2c2cc(C)n(-c3cc(C)ccn3)c2C)cc1Cl. The number of pyridine rings is 2. The smallest absolute Gasteiger partial charge is 0.174 e. The van der Waals surface area contributed by atoms with Crippen molar-refractivity contribution < 1.29 is 4.74 Å². The van der Waals surface area contributed by atoms with Gasteiger partial charge >= 0.3 is 0 Å². The molecule has 0 aliphatic carbocycles. The summed E-state index contributed by atoms with van der Waals surface area (Å²) in [7, 11) is 1.61. The minimum absolute atomic E-state index is 0.147. The average Bonchev–Trinajstić information content (AvgIpc) is 3.34. The molecule has 0 saturated carbocycles. The fraction of sp³-hybridized carbons (Fsp3) is 0.222. The van der Waals surface area contributed by atoms with Crippen LogP contribution >= 0.6 is 23.8 Å². The molecule has 4 heterocycles. The molecule has 178 valence electrons. The molecule has 0 amide bonds. The van der Waals surface area contributed by atoms with Crippen molar-refractivity contribution in [2.24, 2.45) is 0 Å². The van der Waals surface area contributed by atoms with Crippen LogP contribution in [0.15, 0.2) is 67.0 Å². The van der Waals surface area contributed by atoms with Gasteiger partial charge in [0.2, 0.25) is 0 Å². The maximum Gasteiger partial charge on any atom is 0.174 e. The number of ether oxygens (including phenoxy) is 1. The Bertz CT molecular complexity index is 1400. The van der Waals surface area contributed by atoms with E-state index in [0.29, 0.717) is 15.9 Å². The lowest BCUT2D eigenvalue weighted by Crippen LogP contribution is -2.29. The molecule has 0 bridgehead atoms. The third-order valence-corrected chi connectivity index (χ3v) is 7.04. The number of nitrogens with one attached hydrogen (secondary N) is 1. The standard InChI is InChI=1S/C27H26ClN5OS/c1-16-10-12-30-24(13-16)32-17(2)14-20(18(32)3)26-25(22-7-5-6-11-29-22)31-27(35)33(26)19-8-9-23(34-4)21(28)15-19/h5-15,25-26H,1-4H3,(H,31,35)/t25-,26-/m1/s1. The summed E-state index contributed by atoms with van der Waals surface area (Å²) >= 11 is 12.4. The predicted molar refractivity (Wildman–Crippen MR) is 144 cm³/mol. The number of thiocarbonyl (C=S) groups is 1. The van der Waals surface area contributed by atoms with E-state index >= 15 is 0 Å². The number of aryl methyl sites for hydroxylation is 2. The van der Waals surface area contributed by atoms with Crippen LogP contribution in [0, 0.1) is 20.8 Å². The first-order valence-corrected chi connectivity index (χ1v) is 12.1. The van der Waals surface area contributed by atoms with Crippen LogP contribution in [-0.4, -0.2) is 26.8 Å². The number of anilines is 1. The van der Waals surface area contributed by atoms with Gasteiger partial charge in [-0.25, -0.2) is 4.98 Å². The molecule has 3 aromatic heterocycles. The molecule has 0 unspecified atom stereocenters. The van der Waals surface area contributed by atoms with E-state index in [1.54, 1.807) is 7.11 Å². The Morgan fingerprint density at radius 3 is 2.51 bits per heavy atom. The molecule has 5 rings (SSSR count). The predicted octanol–water partition coefficient (Wildman–Crippen LogP) is 6.03. The summed E-state index contributed by atoms with van der Waals surface area (Å²) in [5.74, 6) is 1.52. The van der Waals surface area contributed by atoms with Crippen molar-refractivity contribution in [2.75, 3.05) is 12.0 Å². The zero-order valence-electron chi connectivity index (χ0n) is 20.0. The second kappa shape index (κ2) is 9.32. The van der Waals surface area contributed by atoms with Crippen molar-refractivity contribution in [1.29, 1.82) is 0 Å². The Hall–Kier alpha value is -3.42. The van der Waals surface area contributed by atoms with Gasteiger partial charge < -0.3 is 19.5 Å². The zero-order chi connectivity index (χ0) is 24.7. The van der Waals surface area contributed by atoms with Crippen LogP contribution in [0.1, 0.15) is 40.3 Å². The number of rotatable bonds is 5. The van der Waals surface area contributed by atoms with Gasteiger partial charge in [0.05, 0.1) is 29.9 Å². The van der Waals surface area contributed by atoms with E-state index in [4.69, 9.17) is 28.6 Å². The van der Waals surface area contributed by atoms with Crippen LogP contribution in [0.5, 0.6) is 5.75 Å². The van der Waals surface area contributed by atoms with E-state index in [1.165, 1.54) is 0 Å². The molecule has 4 aromatic rings. The maximum absolute atomic E-state index is 6.52. The van der Waals surface area contributed by atoms with E-state index in [9.17, 15) is 0 Å². The summed E-state index contributed by atoms with van der Waals surface area (Å²) in [6.45, 7) is 6.31. The molecule has 1 N–H and O–H groups in total. The first kappa shape index (κ1) is 23.3. The number of hydrogen-bond acceptors (Lipinski definition) is 4. The quantitative estimate of drug-likeness (QED) is 0.335. The monoisotopic (exact) mass is 503 g/mol. The highest BCUT2D eigenvalue weighted by Crippen LogP contribution is 2.44. The van der Waals surface area contributed by atoms with E-state index in [0.717, 1.165) is 39.7 Å². The number of benzene rings is 1. The second-order valence-corrected chi connectivity index (χ2v) is 9.46. The third-order valence-electron chi connectivity index (χ3n) is 6.43. The molecule has 1 aliphatic heterocycles. The lowest BCUT2D eigenvalue weighted by atomic mass is 9.96. The molecule has 0 spiro atoms. The molecule has 6 nitrogen and oxygen atoms in total. The fourth-order valence-corrected chi connectivity index (χ4v) is 5.43. The fourth-order valence-electron chi connectivity index (χ4n) is 4.84. The molecular weight excluding hydrogens is 478 g/mol. The van der Waals surface area contributed by atoms with E-state index in [2.05, 4.69) is 57.7 Å².